The maximum atomic E-state index is 10.8. The van der Waals surface area contributed by atoms with E-state index >= 15 is 0 Å². The number of nitrogens with one attached hydrogen (secondary N) is 1. The third-order valence-corrected chi connectivity index (χ3v) is 3.22. The topological polar surface area (TPSA) is 68.1 Å². The van der Waals surface area contributed by atoms with Crippen LogP contribution in [0.2, 0.25) is 5.15 Å². The molecule has 94 valence electrons. The fourth-order valence-electron chi connectivity index (χ4n) is 1.32. The van der Waals surface area contributed by atoms with Crippen molar-refractivity contribution in [3.05, 3.63) is 27.4 Å². The molecule has 0 aliphatic carbocycles. The van der Waals surface area contributed by atoms with E-state index in [9.17, 15) is 10.1 Å². The quantitative estimate of drug-likeness (QED) is 0.491. The van der Waals surface area contributed by atoms with Crippen molar-refractivity contribution in [2.45, 2.75) is 6.92 Å². The lowest BCUT2D eigenvalue weighted by molar-refractivity contribution is -0.384. The van der Waals surface area contributed by atoms with Crippen LogP contribution in [0.15, 0.2) is 12.1 Å². The molecule has 0 aliphatic rings. The van der Waals surface area contributed by atoms with Crippen molar-refractivity contribution in [3.63, 3.8) is 0 Å². The van der Waals surface area contributed by atoms with Gasteiger partial charge < -0.3 is 5.32 Å². The number of thioether (sulfide) groups is 1. The number of aromatic nitrogens is 1. The Morgan fingerprint density at radius 2 is 2.35 bits per heavy atom. The molecule has 0 aliphatic heterocycles. The van der Waals surface area contributed by atoms with Gasteiger partial charge in [-0.1, -0.05) is 18.5 Å². The van der Waals surface area contributed by atoms with Crippen molar-refractivity contribution >= 4 is 34.9 Å². The number of nitrogens with zero attached hydrogens (tertiary/aromatic N) is 2. The van der Waals surface area contributed by atoms with Crippen LogP contribution in [0.3, 0.4) is 0 Å². The molecule has 5 nitrogen and oxygen atoms in total. The molecule has 1 aromatic rings. The molecule has 7 heteroatoms. The van der Waals surface area contributed by atoms with Crippen LogP contribution < -0.4 is 5.32 Å². The summed E-state index contributed by atoms with van der Waals surface area (Å²) in [5.74, 6) is 1.63. The molecule has 1 unspecified atom stereocenters. The van der Waals surface area contributed by atoms with Crippen molar-refractivity contribution in [1.82, 2.24) is 4.98 Å². The first-order valence-electron chi connectivity index (χ1n) is 5.08. The summed E-state index contributed by atoms with van der Waals surface area (Å²) in [6.07, 6.45) is 2.02. The largest absolute Gasteiger partial charge is 0.364 e. The van der Waals surface area contributed by atoms with E-state index in [-0.39, 0.29) is 16.7 Å². The average molecular weight is 276 g/mol. The fourth-order valence-corrected chi connectivity index (χ4v) is 2.15. The Kier molecular flexibility index (Phi) is 5.50. The van der Waals surface area contributed by atoms with E-state index < -0.39 is 4.92 Å². The molecule has 1 atom stereocenters. The first-order chi connectivity index (χ1) is 8.04. The zero-order valence-corrected chi connectivity index (χ0v) is 11.2. The monoisotopic (exact) mass is 275 g/mol. The van der Waals surface area contributed by atoms with Gasteiger partial charge in [-0.25, -0.2) is 4.98 Å². The normalized spacial score (nSPS) is 12.2. The lowest BCUT2D eigenvalue weighted by Crippen LogP contribution is -2.15. The molecule has 0 radical (unpaired) electrons. The molecule has 1 rings (SSSR count). The lowest BCUT2D eigenvalue weighted by Gasteiger charge is -2.11. The highest BCUT2D eigenvalue weighted by molar-refractivity contribution is 7.98. The van der Waals surface area contributed by atoms with Gasteiger partial charge in [-0.2, -0.15) is 11.8 Å². The minimum absolute atomic E-state index is 0.0502. The summed E-state index contributed by atoms with van der Waals surface area (Å²) >= 11 is 7.46. The molecule has 0 fully saturated rings. The predicted molar refractivity (Wildman–Crippen MR) is 71.9 cm³/mol. The highest BCUT2D eigenvalue weighted by Crippen LogP contribution is 2.24. The molecule has 1 heterocycles. The Hall–Kier alpha value is -1.01. The summed E-state index contributed by atoms with van der Waals surface area (Å²) in [6.45, 7) is 2.70. The van der Waals surface area contributed by atoms with E-state index in [1.165, 1.54) is 12.1 Å². The summed E-state index contributed by atoms with van der Waals surface area (Å²) in [5.41, 5.74) is -0.0502. The van der Waals surface area contributed by atoms with Gasteiger partial charge in [0.2, 0.25) is 5.82 Å². The number of hydrogen-bond acceptors (Lipinski definition) is 5. The fraction of sp³-hybridized carbons (Fsp3) is 0.500. The molecular formula is C10H14ClN3O2S. The Bertz CT molecular complexity index is 403. The van der Waals surface area contributed by atoms with Gasteiger partial charge in [0.15, 0.2) is 0 Å². The van der Waals surface area contributed by atoms with Crippen LogP contribution >= 0.6 is 23.4 Å². The number of anilines is 1. The van der Waals surface area contributed by atoms with Crippen LogP contribution in [-0.2, 0) is 0 Å². The van der Waals surface area contributed by atoms with Gasteiger partial charge in [-0.05, 0) is 24.0 Å². The van der Waals surface area contributed by atoms with Crippen molar-refractivity contribution in [2.24, 2.45) is 5.92 Å². The summed E-state index contributed by atoms with van der Waals surface area (Å²) in [5, 5.41) is 14.0. The highest BCUT2D eigenvalue weighted by atomic mass is 35.5. The van der Waals surface area contributed by atoms with Crippen molar-refractivity contribution in [2.75, 3.05) is 23.9 Å². The first-order valence-corrected chi connectivity index (χ1v) is 6.85. The zero-order chi connectivity index (χ0) is 12.8. The van der Waals surface area contributed by atoms with Crippen LogP contribution in [0.5, 0.6) is 0 Å². The standard InChI is InChI=1S/C10H14ClN3O2S/c1-7(6-17-2)5-12-10-8(14(15)16)3-4-9(11)13-10/h3-4,7H,5-6H2,1-2H3,(H,12,13). The van der Waals surface area contributed by atoms with Gasteiger partial charge in [0.25, 0.3) is 0 Å². The van der Waals surface area contributed by atoms with Gasteiger partial charge in [-0.3, -0.25) is 10.1 Å². The molecule has 0 saturated heterocycles. The highest BCUT2D eigenvalue weighted by Gasteiger charge is 2.15. The van der Waals surface area contributed by atoms with Gasteiger partial charge >= 0.3 is 5.69 Å². The van der Waals surface area contributed by atoms with E-state index in [2.05, 4.69) is 17.2 Å². The minimum atomic E-state index is -0.467. The minimum Gasteiger partial charge on any atom is -0.364 e. The molecular weight excluding hydrogens is 262 g/mol. The summed E-state index contributed by atoms with van der Waals surface area (Å²) < 4.78 is 0. The van der Waals surface area contributed by atoms with Crippen LogP contribution in [-0.4, -0.2) is 28.5 Å². The second kappa shape index (κ2) is 6.66. The second-order valence-corrected chi connectivity index (χ2v) is 5.00. The maximum absolute atomic E-state index is 10.8. The number of rotatable bonds is 6. The van der Waals surface area contributed by atoms with Crippen molar-refractivity contribution in [3.8, 4) is 0 Å². The molecule has 0 aromatic carbocycles. The smallest absolute Gasteiger partial charge is 0.311 e. The summed E-state index contributed by atoms with van der Waals surface area (Å²) in [7, 11) is 0. The predicted octanol–water partition coefficient (Wildman–Crippen LogP) is 3.05. The lowest BCUT2D eigenvalue weighted by atomic mass is 10.2. The number of hydrogen-bond donors (Lipinski definition) is 1. The Morgan fingerprint density at radius 1 is 1.65 bits per heavy atom. The van der Waals surface area contributed by atoms with Crippen molar-refractivity contribution < 1.29 is 4.92 Å². The van der Waals surface area contributed by atoms with Crippen LogP contribution in [0, 0.1) is 16.0 Å². The first kappa shape index (κ1) is 14.1. The number of pyridine rings is 1. The van der Waals surface area contributed by atoms with Gasteiger partial charge in [0, 0.05) is 12.6 Å². The molecule has 0 saturated carbocycles. The molecule has 1 N–H and O–H groups in total. The molecule has 0 bridgehead atoms. The third kappa shape index (κ3) is 4.40. The van der Waals surface area contributed by atoms with E-state index in [0.29, 0.717) is 12.5 Å². The van der Waals surface area contributed by atoms with Crippen LogP contribution in [0.4, 0.5) is 11.5 Å². The summed E-state index contributed by atoms with van der Waals surface area (Å²) in [6, 6.07) is 2.77. The SMILES string of the molecule is CSCC(C)CNc1nc(Cl)ccc1[N+](=O)[O-]. The van der Waals surface area contributed by atoms with Gasteiger partial charge in [0.05, 0.1) is 4.92 Å². The second-order valence-electron chi connectivity index (χ2n) is 3.70. The van der Waals surface area contributed by atoms with Crippen LogP contribution in [0.25, 0.3) is 0 Å². The Balaban J connectivity index is 2.75. The van der Waals surface area contributed by atoms with E-state index in [4.69, 9.17) is 11.6 Å². The molecule has 1 aromatic heterocycles. The molecule has 17 heavy (non-hydrogen) atoms. The van der Waals surface area contributed by atoms with E-state index in [1.807, 2.05) is 6.26 Å². The third-order valence-electron chi connectivity index (χ3n) is 2.11. The van der Waals surface area contributed by atoms with Gasteiger partial charge in [0.1, 0.15) is 5.15 Å². The summed E-state index contributed by atoms with van der Waals surface area (Å²) in [4.78, 5) is 14.2. The number of halogens is 1. The molecule has 0 amide bonds. The number of nitro groups is 1. The van der Waals surface area contributed by atoms with E-state index in [1.54, 1.807) is 11.8 Å². The van der Waals surface area contributed by atoms with Crippen molar-refractivity contribution in [1.29, 1.82) is 0 Å². The molecule has 0 spiro atoms. The van der Waals surface area contributed by atoms with Gasteiger partial charge in [-0.15, -0.1) is 0 Å². The van der Waals surface area contributed by atoms with E-state index in [0.717, 1.165) is 5.75 Å². The zero-order valence-electron chi connectivity index (χ0n) is 9.64. The average Bonchev–Trinajstić information content (AvgIpc) is 2.26. The Morgan fingerprint density at radius 3 is 2.94 bits per heavy atom. The Labute approximate surface area is 109 Å². The van der Waals surface area contributed by atoms with Crippen LogP contribution in [0.1, 0.15) is 6.92 Å². The maximum Gasteiger partial charge on any atom is 0.311 e.